The number of hydrogen-bond donors (Lipinski definition) is 2. The molecular weight excluding hydrogens is 343 g/mol. The molecule has 1 aliphatic rings. The number of rotatable bonds is 3. The largest absolute Gasteiger partial charge is 0.366 e. The summed E-state index contributed by atoms with van der Waals surface area (Å²) in [4.78, 5) is 20.3. The predicted octanol–water partition coefficient (Wildman–Crippen LogP) is 3.72. The number of carbonyl (C=O) groups is 1. The minimum absolute atomic E-state index is 0.274. The third-order valence-corrected chi connectivity index (χ3v) is 5.21. The maximum absolute atomic E-state index is 14.8. The summed E-state index contributed by atoms with van der Waals surface area (Å²) in [5, 5.41) is 8.55. The van der Waals surface area contributed by atoms with E-state index >= 15 is 0 Å². The first-order chi connectivity index (χ1) is 13.0. The Kier molecular flexibility index (Phi) is 4.18. The number of fused-ring (bicyclic) bond motifs is 3. The van der Waals surface area contributed by atoms with E-state index in [2.05, 4.69) is 9.97 Å². The van der Waals surface area contributed by atoms with E-state index < -0.39 is 11.7 Å². The van der Waals surface area contributed by atoms with Crippen LogP contribution in [0.3, 0.4) is 0 Å². The lowest BCUT2D eigenvalue weighted by atomic mass is 9.85. The lowest BCUT2D eigenvalue weighted by Crippen LogP contribution is -2.12. The van der Waals surface area contributed by atoms with Gasteiger partial charge in [0.15, 0.2) is 0 Å². The number of nitrogens with one attached hydrogen (secondary N) is 1. The van der Waals surface area contributed by atoms with Crippen molar-refractivity contribution in [1.82, 2.24) is 9.97 Å². The summed E-state index contributed by atoms with van der Waals surface area (Å²) in [5.74, 6) is -0.934. The third-order valence-electron chi connectivity index (χ3n) is 5.21. The topological polar surface area (TPSA) is 92.7 Å². The Labute approximate surface area is 156 Å². The second-order valence-electron chi connectivity index (χ2n) is 6.88. The van der Waals surface area contributed by atoms with Crippen molar-refractivity contribution in [3.05, 3.63) is 58.0 Å². The van der Waals surface area contributed by atoms with Crippen LogP contribution in [0.1, 0.15) is 45.5 Å². The highest BCUT2D eigenvalue weighted by molar-refractivity contribution is 6.02. The summed E-state index contributed by atoms with van der Waals surface area (Å²) in [6.07, 6.45) is 6.41. The van der Waals surface area contributed by atoms with Gasteiger partial charge in [0.1, 0.15) is 11.3 Å². The molecule has 0 unspecified atom stereocenters. The average molecular weight is 362 g/mol. The van der Waals surface area contributed by atoms with Gasteiger partial charge in [0.05, 0.1) is 17.0 Å². The molecule has 0 bridgehead atoms. The standard InChI is InChI=1S/C21H19FN4O/c1-11-8-16(22)20-18(15(11)9-23)13-4-2-3-5-14(13)19(26-20)17-7-6-12(10-25-17)21(24)27/h6-10,23H,2-5H2,1H3,(H2,24,27). The molecule has 136 valence electrons. The van der Waals surface area contributed by atoms with E-state index in [-0.39, 0.29) is 5.52 Å². The van der Waals surface area contributed by atoms with Crippen LogP contribution in [0.5, 0.6) is 0 Å². The third kappa shape index (κ3) is 2.77. The molecule has 5 nitrogen and oxygen atoms in total. The Morgan fingerprint density at radius 3 is 2.63 bits per heavy atom. The molecule has 0 radical (unpaired) electrons. The van der Waals surface area contributed by atoms with Gasteiger partial charge in [0.2, 0.25) is 5.91 Å². The van der Waals surface area contributed by atoms with Crippen LogP contribution in [0.25, 0.3) is 22.3 Å². The van der Waals surface area contributed by atoms with Gasteiger partial charge in [-0.3, -0.25) is 9.78 Å². The highest BCUT2D eigenvalue weighted by atomic mass is 19.1. The first kappa shape index (κ1) is 17.3. The minimum Gasteiger partial charge on any atom is -0.366 e. The summed E-state index contributed by atoms with van der Waals surface area (Å²) in [7, 11) is 0. The van der Waals surface area contributed by atoms with Crippen molar-refractivity contribution < 1.29 is 9.18 Å². The van der Waals surface area contributed by atoms with E-state index in [1.54, 1.807) is 12.1 Å². The number of benzene rings is 1. The smallest absolute Gasteiger partial charge is 0.250 e. The molecular formula is C21H19FN4O. The highest BCUT2D eigenvalue weighted by Crippen LogP contribution is 2.37. The molecule has 0 saturated carbocycles. The van der Waals surface area contributed by atoms with Crippen molar-refractivity contribution in [2.45, 2.75) is 32.6 Å². The molecule has 1 aromatic carbocycles. The zero-order valence-electron chi connectivity index (χ0n) is 15.0. The van der Waals surface area contributed by atoms with E-state index in [1.807, 2.05) is 6.92 Å². The number of primary amides is 1. The summed E-state index contributed by atoms with van der Waals surface area (Å²) >= 11 is 0. The first-order valence-corrected chi connectivity index (χ1v) is 8.92. The van der Waals surface area contributed by atoms with Crippen LogP contribution in [0.4, 0.5) is 4.39 Å². The van der Waals surface area contributed by atoms with Gasteiger partial charge in [-0.05, 0) is 67.5 Å². The fraction of sp³-hybridized carbons (Fsp3) is 0.238. The molecule has 0 aliphatic heterocycles. The molecule has 2 heterocycles. The number of aryl methyl sites for hydroxylation is 2. The van der Waals surface area contributed by atoms with Crippen LogP contribution in [0.15, 0.2) is 24.4 Å². The quantitative estimate of drug-likeness (QED) is 0.696. The number of amides is 1. The second kappa shape index (κ2) is 6.54. The van der Waals surface area contributed by atoms with Crippen molar-refractivity contribution in [3.8, 4) is 11.4 Å². The van der Waals surface area contributed by atoms with Gasteiger partial charge in [-0.1, -0.05) is 0 Å². The van der Waals surface area contributed by atoms with Crippen LogP contribution in [-0.4, -0.2) is 22.1 Å². The Morgan fingerprint density at radius 1 is 1.26 bits per heavy atom. The molecule has 2 aromatic heterocycles. The van der Waals surface area contributed by atoms with Gasteiger partial charge in [0.25, 0.3) is 0 Å². The maximum Gasteiger partial charge on any atom is 0.250 e. The van der Waals surface area contributed by atoms with Gasteiger partial charge in [-0.2, -0.15) is 0 Å². The van der Waals surface area contributed by atoms with E-state index in [4.69, 9.17) is 11.1 Å². The molecule has 4 rings (SSSR count). The number of carbonyl (C=O) groups excluding carboxylic acids is 1. The zero-order valence-corrected chi connectivity index (χ0v) is 15.0. The normalized spacial score (nSPS) is 13.4. The Bertz CT molecular complexity index is 1090. The molecule has 3 N–H and O–H groups in total. The highest BCUT2D eigenvalue weighted by Gasteiger charge is 2.23. The number of nitrogens with two attached hydrogens (primary N) is 1. The van der Waals surface area contributed by atoms with Gasteiger partial charge < -0.3 is 11.1 Å². The summed E-state index contributed by atoms with van der Waals surface area (Å²) < 4.78 is 14.8. The summed E-state index contributed by atoms with van der Waals surface area (Å²) in [6, 6.07) is 4.74. The van der Waals surface area contributed by atoms with Crippen molar-refractivity contribution >= 4 is 23.0 Å². The molecule has 0 fully saturated rings. The molecule has 1 amide bonds. The van der Waals surface area contributed by atoms with E-state index in [1.165, 1.54) is 18.5 Å². The maximum atomic E-state index is 14.8. The van der Waals surface area contributed by atoms with Crippen LogP contribution in [0, 0.1) is 18.2 Å². The van der Waals surface area contributed by atoms with Crippen molar-refractivity contribution in [2.24, 2.45) is 5.73 Å². The Balaban J connectivity index is 2.05. The lowest BCUT2D eigenvalue weighted by molar-refractivity contribution is 0.1000. The van der Waals surface area contributed by atoms with Crippen LogP contribution in [0.2, 0.25) is 0 Å². The SMILES string of the molecule is Cc1cc(F)c2nc(-c3ccc(C(N)=O)cn3)c3c(c2c1C=N)CCCC3. The number of hydrogen-bond acceptors (Lipinski definition) is 4. The second-order valence-corrected chi connectivity index (χ2v) is 6.88. The molecule has 27 heavy (non-hydrogen) atoms. The monoisotopic (exact) mass is 362 g/mol. The Morgan fingerprint density at radius 2 is 2.00 bits per heavy atom. The van der Waals surface area contributed by atoms with Gasteiger partial charge in [-0.15, -0.1) is 0 Å². The van der Waals surface area contributed by atoms with Crippen molar-refractivity contribution in [2.75, 3.05) is 0 Å². The number of aromatic nitrogens is 2. The zero-order chi connectivity index (χ0) is 19.1. The number of nitrogens with zero attached hydrogens (tertiary/aromatic N) is 2. The van der Waals surface area contributed by atoms with Gasteiger partial charge in [0, 0.05) is 23.4 Å². The minimum atomic E-state index is -0.542. The van der Waals surface area contributed by atoms with Crippen molar-refractivity contribution in [1.29, 1.82) is 5.41 Å². The van der Waals surface area contributed by atoms with Gasteiger partial charge >= 0.3 is 0 Å². The predicted molar refractivity (Wildman–Crippen MR) is 103 cm³/mol. The van der Waals surface area contributed by atoms with Crippen LogP contribution < -0.4 is 5.73 Å². The Hall–Kier alpha value is -3.15. The molecule has 1 aliphatic carbocycles. The molecule has 6 heteroatoms. The summed E-state index contributed by atoms with van der Waals surface area (Å²) in [6.45, 7) is 1.82. The molecule has 0 spiro atoms. The van der Waals surface area contributed by atoms with Crippen LogP contribution >= 0.6 is 0 Å². The lowest BCUT2D eigenvalue weighted by Gasteiger charge is -2.22. The summed E-state index contributed by atoms with van der Waals surface area (Å²) in [5.41, 5.74) is 10.7. The van der Waals surface area contributed by atoms with E-state index in [9.17, 15) is 9.18 Å². The number of pyridine rings is 2. The average Bonchev–Trinajstić information content (AvgIpc) is 2.68. The van der Waals surface area contributed by atoms with E-state index in [0.717, 1.165) is 53.3 Å². The van der Waals surface area contributed by atoms with Gasteiger partial charge in [-0.25, -0.2) is 9.37 Å². The molecule has 3 aromatic rings. The fourth-order valence-electron chi connectivity index (χ4n) is 3.89. The van der Waals surface area contributed by atoms with Crippen LogP contribution in [-0.2, 0) is 12.8 Å². The first-order valence-electron chi connectivity index (χ1n) is 8.92. The van der Waals surface area contributed by atoms with E-state index in [0.29, 0.717) is 17.0 Å². The molecule has 0 atom stereocenters. The number of halogens is 1. The fourth-order valence-corrected chi connectivity index (χ4v) is 3.89. The van der Waals surface area contributed by atoms with Crippen molar-refractivity contribution in [3.63, 3.8) is 0 Å². The molecule has 0 saturated heterocycles.